The van der Waals surface area contributed by atoms with Gasteiger partial charge in [0.2, 0.25) is 15.9 Å². The monoisotopic (exact) mass is 595 g/mol. The van der Waals surface area contributed by atoms with Gasteiger partial charge in [-0.2, -0.15) is 4.31 Å². The predicted octanol–water partition coefficient (Wildman–Crippen LogP) is 3.85. The zero-order chi connectivity index (χ0) is 29.9. The number of carbonyl (C=O) groups excluding carboxylic acids is 2. The maximum Gasteiger partial charge on any atom is 0.253 e. The summed E-state index contributed by atoms with van der Waals surface area (Å²) in [6.07, 6.45) is -0.285. The van der Waals surface area contributed by atoms with Gasteiger partial charge in [0.25, 0.3) is 5.91 Å². The lowest BCUT2D eigenvalue weighted by atomic mass is 9.98. The van der Waals surface area contributed by atoms with E-state index < -0.39 is 28.1 Å². The van der Waals surface area contributed by atoms with Gasteiger partial charge in [-0.05, 0) is 48.1 Å². The molecule has 0 aliphatic heterocycles. The number of rotatable bonds is 15. The second-order valence-corrected chi connectivity index (χ2v) is 12.6. The highest BCUT2D eigenvalue weighted by Crippen LogP contribution is 2.23. The Labute approximate surface area is 243 Å². The lowest BCUT2D eigenvalue weighted by molar-refractivity contribution is -0.147. The first-order chi connectivity index (χ1) is 18.9. The smallest absolute Gasteiger partial charge is 0.253 e. The van der Waals surface area contributed by atoms with E-state index in [4.69, 9.17) is 16.3 Å². The summed E-state index contributed by atoms with van der Waals surface area (Å²) in [4.78, 5) is 25.9. The molecule has 0 unspecified atom stereocenters. The fraction of sp³-hybridized carbons (Fsp3) is 0.517. The molecule has 2 N–H and O–H groups in total. The average Bonchev–Trinajstić information content (AvgIpc) is 2.94. The predicted molar refractivity (Wildman–Crippen MR) is 156 cm³/mol. The number of nitrogens with one attached hydrogen (secondary N) is 1. The lowest BCUT2D eigenvalue weighted by Gasteiger charge is -2.37. The minimum absolute atomic E-state index is 0.0327. The molecule has 9 nitrogen and oxygen atoms in total. The van der Waals surface area contributed by atoms with E-state index in [-0.39, 0.29) is 54.4 Å². The highest BCUT2D eigenvalue weighted by molar-refractivity contribution is 7.89. The first-order valence-corrected chi connectivity index (χ1v) is 15.4. The van der Waals surface area contributed by atoms with Gasteiger partial charge in [-0.3, -0.25) is 15.0 Å². The topological polar surface area (TPSA) is 116 Å². The molecule has 3 atom stereocenters. The Bertz CT molecular complexity index is 1180. The van der Waals surface area contributed by atoms with Crippen LogP contribution in [0.4, 0.5) is 0 Å². The van der Waals surface area contributed by atoms with Crippen LogP contribution in [-0.2, 0) is 26.0 Å². The third kappa shape index (κ3) is 9.76. The molecule has 0 aromatic heterocycles. The van der Waals surface area contributed by atoms with E-state index in [2.05, 4.69) is 5.43 Å². The molecule has 0 bridgehead atoms. The Kier molecular flexibility index (Phi) is 13.4. The number of hydrogen-bond donors (Lipinski definition) is 2. The zero-order valence-corrected chi connectivity index (χ0v) is 25.5. The minimum atomic E-state index is -4.01. The average molecular weight is 596 g/mol. The Morgan fingerprint density at radius 3 is 2.17 bits per heavy atom. The van der Waals surface area contributed by atoms with Crippen molar-refractivity contribution in [3.05, 3.63) is 60.2 Å². The van der Waals surface area contributed by atoms with Crippen LogP contribution in [0.3, 0.4) is 0 Å². The quantitative estimate of drug-likeness (QED) is 0.239. The molecule has 11 heteroatoms. The van der Waals surface area contributed by atoms with Crippen molar-refractivity contribution in [2.45, 2.75) is 64.0 Å². The van der Waals surface area contributed by atoms with E-state index in [1.54, 1.807) is 12.1 Å². The van der Waals surface area contributed by atoms with Gasteiger partial charge in [-0.25, -0.2) is 13.4 Å². The first kappa shape index (κ1) is 33.5. The van der Waals surface area contributed by atoms with Gasteiger partial charge in [0.1, 0.15) is 11.6 Å². The normalized spacial score (nSPS) is 14.0. The second kappa shape index (κ2) is 16.0. The molecule has 0 aliphatic rings. The molecule has 0 fully saturated rings. The van der Waals surface area contributed by atoms with Gasteiger partial charge >= 0.3 is 0 Å². The highest BCUT2D eigenvalue weighted by atomic mass is 35.5. The van der Waals surface area contributed by atoms with E-state index >= 15 is 0 Å². The van der Waals surface area contributed by atoms with Crippen molar-refractivity contribution in [1.29, 1.82) is 0 Å². The van der Waals surface area contributed by atoms with E-state index in [9.17, 15) is 23.1 Å². The van der Waals surface area contributed by atoms with Crippen molar-refractivity contribution in [2.24, 2.45) is 11.8 Å². The highest BCUT2D eigenvalue weighted by Gasteiger charge is 2.36. The third-order valence-corrected chi connectivity index (χ3v) is 8.66. The minimum Gasteiger partial charge on any atom is -0.497 e. The molecule has 222 valence electrons. The molecule has 0 saturated heterocycles. The van der Waals surface area contributed by atoms with Crippen molar-refractivity contribution >= 4 is 33.4 Å². The number of nitrogens with zero attached hydrogens (tertiary/aromatic N) is 2. The molecule has 0 spiro atoms. The molecule has 0 aliphatic carbocycles. The van der Waals surface area contributed by atoms with Gasteiger partial charge in [0, 0.05) is 19.5 Å². The van der Waals surface area contributed by atoms with Gasteiger partial charge < -0.3 is 9.84 Å². The number of alkyl halides is 1. The largest absolute Gasteiger partial charge is 0.497 e. The van der Waals surface area contributed by atoms with E-state index in [0.717, 1.165) is 17.0 Å². The summed E-state index contributed by atoms with van der Waals surface area (Å²) in [5.74, 6) is -0.873. The summed E-state index contributed by atoms with van der Waals surface area (Å²) in [5.41, 5.74) is 3.37. The van der Waals surface area contributed by atoms with Crippen molar-refractivity contribution in [2.75, 3.05) is 26.1 Å². The first-order valence-electron chi connectivity index (χ1n) is 13.5. The molecule has 0 heterocycles. The molecule has 40 heavy (non-hydrogen) atoms. The van der Waals surface area contributed by atoms with Crippen molar-refractivity contribution < 1.29 is 27.9 Å². The summed E-state index contributed by atoms with van der Waals surface area (Å²) >= 11 is 5.76. The number of aliphatic hydroxyl groups is 1. The Morgan fingerprint density at radius 2 is 1.65 bits per heavy atom. The van der Waals surface area contributed by atoms with Crippen molar-refractivity contribution in [1.82, 2.24) is 14.7 Å². The molecule has 2 rings (SSSR count). The number of hydrogen-bond acceptors (Lipinski definition) is 6. The summed E-state index contributed by atoms with van der Waals surface area (Å²) in [7, 11) is -2.52. The molecule has 2 aromatic carbocycles. The maximum absolute atomic E-state index is 13.7. The van der Waals surface area contributed by atoms with Crippen LogP contribution in [0.2, 0.25) is 0 Å². The summed E-state index contributed by atoms with van der Waals surface area (Å²) in [5, 5.41) is 12.8. The van der Waals surface area contributed by atoms with Gasteiger partial charge in [0.15, 0.2) is 0 Å². The van der Waals surface area contributed by atoms with Crippen LogP contribution in [0.1, 0.15) is 46.1 Å². The van der Waals surface area contributed by atoms with Crippen molar-refractivity contribution in [3.8, 4) is 5.75 Å². The zero-order valence-electron chi connectivity index (χ0n) is 23.9. The molecule has 2 aromatic rings. The number of methoxy groups -OCH3 is 1. The van der Waals surface area contributed by atoms with Gasteiger partial charge in [0.05, 0.1) is 24.2 Å². The number of hydrazine groups is 1. The molecule has 2 amide bonds. The fourth-order valence-corrected chi connectivity index (χ4v) is 5.88. The van der Waals surface area contributed by atoms with Crippen molar-refractivity contribution in [3.63, 3.8) is 0 Å². The Morgan fingerprint density at radius 1 is 1.02 bits per heavy atom. The second-order valence-electron chi connectivity index (χ2n) is 10.4. The van der Waals surface area contributed by atoms with Gasteiger partial charge in [-0.1, -0.05) is 64.4 Å². The number of ether oxygens (including phenoxy) is 1. The standard InChI is InChI=1S/C29H42ClN3O6S/c1-6-22(4)16-29(36)33(31-28(35)18-30)26(17-23-10-8-7-9-11-23)27(34)20-32(19-21(2)3)40(37,38)25-14-12-24(39-5)13-15-25/h7-15,21-22,26-27,34H,6,16-20H2,1-5H3,(H,31,35)/t22-,26-,27+/m0/s1. The fourth-order valence-electron chi connectivity index (χ4n) is 4.20. The lowest BCUT2D eigenvalue weighted by Crippen LogP contribution is -2.59. The maximum atomic E-state index is 13.7. The summed E-state index contributed by atoms with van der Waals surface area (Å²) in [6, 6.07) is 14.3. The van der Waals surface area contributed by atoms with Crippen LogP contribution >= 0.6 is 11.6 Å². The number of benzene rings is 2. The summed E-state index contributed by atoms with van der Waals surface area (Å²) < 4.78 is 33.8. The van der Waals surface area contributed by atoms with E-state index in [0.29, 0.717) is 5.75 Å². The van der Waals surface area contributed by atoms with Gasteiger partial charge in [-0.15, -0.1) is 11.6 Å². The number of halogens is 1. The molecule has 0 saturated carbocycles. The number of sulfonamides is 1. The van der Waals surface area contributed by atoms with E-state index in [1.165, 1.54) is 23.5 Å². The number of aliphatic hydroxyl groups excluding tert-OH is 1. The van der Waals surface area contributed by atoms with Crippen LogP contribution < -0.4 is 10.2 Å². The summed E-state index contributed by atoms with van der Waals surface area (Å²) in [6.45, 7) is 7.49. The third-order valence-electron chi connectivity index (χ3n) is 6.58. The molecular weight excluding hydrogens is 554 g/mol. The SMILES string of the molecule is CC[C@H](C)CC(=O)N(NC(=O)CCl)[C@@H](Cc1ccccc1)[C@H](O)CN(CC(C)C)S(=O)(=O)c1ccc(OC)cc1. The Hall–Kier alpha value is -2.66. The number of amides is 2. The van der Waals surface area contributed by atoms with Crippen LogP contribution in [-0.4, -0.2) is 72.9 Å². The molecular formula is C29H42ClN3O6S. The van der Waals surface area contributed by atoms with Crippen LogP contribution in [0.5, 0.6) is 5.75 Å². The van der Waals surface area contributed by atoms with Crippen LogP contribution in [0, 0.1) is 11.8 Å². The Balaban J connectivity index is 2.51. The van der Waals surface area contributed by atoms with Crippen LogP contribution in [0.25, 0.3) is 0 Å². The van der Waals surface area contributed by atoms with E-state index in [1.807, 2.05) is 58.0 Å². The van der Waals surface area contributed by atoms with Crippen LogP contribution in [0.15, 0.2) is 59.5 Å². The number of carbonyl (C=O) groups is 2. The molecule has 0 radical (unpaired) electrons.